The summed E-state index contributed by atoms with van der Waals surface area (Å²) in [4.78, 5) is 0. The van der Waals surface area contributed by atoms with Crippen molar-refractivity contribution in [2.45, 2.75) is 13.2 Å². The standard InChI is InChI=1S/C12H19NO4/c1-10(14)16-8-6-15-7-9-17-12-4-2-11(13)3-5-12/h2-5,10,14H,6-9,13H2,1H3. The van der Waals surface area contributed by atoms with Crippen LogP contribution in [0.4, 0.5) is 5.69 Å². The van der Waals surface area contributed by atoms with E-state index in [4.69, 9.17) is 25.1 Å². The van der Waals surface area contributed by atoms with Crippen LogP contribution in [0.3, 0.4) is 0 Å². The van der Waals surface area contributed by atoms with Gasteiger partial charge in [0.1, 0.15) is 12.4 Å². The van der Waals surface area contributed by atoms with Gasteiger partial charge in [-0.15, -0.1) is 0 Å². The molecule has 0 spiro atoms. The average Bonchev–Trinajstić information content (AvgIpc) is 2.30. The van der Waals surface area contributed by atoms with E-state index in [1.807, 2.05) is 12.1 Å². The number of hydrogen-bond donors (Lipinski definition) is 2. The molecule has 3 N–H and O–H groups in total. The van der Waals surface area contributed by atoms with Gasteiger partial charge in [0, 0.05) is 5.69 Å². The number of aliphatic hydroxyl groups is 1. The van der Waals surface area contributed by atoms with E-state index < -0.39 is 6.29 Å². The zero-order chi connectivity index (χ0) is 12.5. The lowest BCUT2D eigenvalue weighted by molar-refractivity contribution is -0.100. The van der Waals surface area contributed by atoms with Gasteiger partial charge in [-0.05, 0) is 31.2 Å². The molecule has 0 saturated heterocycles. The van der Waals surface area contributed by atoms with E-state index in [1.165, 1.54) is 0 Å². The van der Waals surface area contributed by atoms with Crippen LogP contribution in [0.1, 0.15) is 6.92 Å². The molecule has 1 unspecified atom stereocenters. The number of nitrogen functional groups attached to an aromatic ring is 1. The Morgan fingerprint density at radius 1 is 1.12 bits per heavy atom. The van der Waals surface area contributed by atoms with E-state index in [9.17, 15) is 0 Å². The molecule has 1 aromatic rings. The second-order valence-electron chi connectivity index (χ2n) is 3.50. The minimum Gasteiger partial charge on any atom is -0.491 e. The first kappa shape index (κ1) is 13.8. The number of nitrogens with two attached hydrogens (primary N) is 1. The van der Waals surface area contributed by atoms with Crippen molar-refractivity contribution in [2.24, 2.45) is 0 Å². The molecule has 96 valence electrons. The number of rotatable bonds is 8. The third-order valence-corrected chi connectivity index (χ3v) is 1.96. The highest BCUT2D eigenvalue weighted by Crippen LogP contribution is 2.12. The zero-order valence-corrected chi connectivity index (χ0v) is 9.96. The molecule has 0 aromatic heterocycles. The quantitative estimate of drug-likeness (QED) is 0.404. The van der Waals surface area contributed by atoms with Gasteiger partial charge in [0.25, 0.3) is 0 Å². The summed E-state index contributed by atoms with van der Waals surface area (Å²) in [7, 11) is 0. The molecule has 1 aromatic carbocycles. The lowest BCUT2D eigenvalue weighted by atomic mass is 10.3. The van der Waals surface area contributed by atoms with Crippen LogP contribution in [0.15, 0.2) is 24.3 Å². The molecule has 0 heterocycles. The normalized spacial score (nSPS) is 12.4. The van der Waals surface area contributed by atoms with Gasteiger partial charge in [-0.2, -0.15) is 0 Å². The van der Waals surface area contributed by atoms with Gasteiger partial charge >= 0.3 is 0 Å². The van der Waals surface area contributed by atoms with Crippen molar-refractivity contribution in [3.8, 4) is 5.75 Å². The molecule has 1 atom stereocenters. The molecule has 0 bridgehead atoms. The zero-order valence-electron chi connectivity index (χ0n) is 9.96. The van der Waals surface area contributed by atoms with Crippen LogP contribution < -0.4 is 10.5 Å². The molecular formula is C12H19NO4. The molecule has 0 saturated carbocycles. The summed E-state index contributed by atoms with van der Waals surface area (Å²) in [6.45, 7) is 3.33. The van der Waals surface area contributed by atoms with E-state index in [0.29, 0.717) is 32.1 Å². The summed E-state index contributed by atoms with van der Waals surface area (Å²) in [6.07, 6.45) is -0.746. The van der Waals surface area contributed by atoms with E-state index in [2.05, 4.69) is 0 Å². The first-order valence-electron chi connectivity index (χ1n) is 5.54. The summed E-state index contributed by atoms with van der Waals surface area (Å²) in [5, 5.41) is 8.81. The summed E-state index contributed by atoms with van der Waals surface area (Å²) >= 11 is 0. The summed E-state index contributed by atoms with van der Waals surface area (Å²) in [6, 6.07) is 7.19. The van der Waals surface area contributed by atoms with Crippen molar-refractivity contribution in [2.75, 3.05) is 32.2 Å². The number of aliphatic hydroxyl groups excluding tert-OH is 1. The maximum absolute atomic E-state index is 8.81. The Bertz CT molecular complexity index is 300. The van der Waals surface area contributed by atoms with E-state index in [0.717, 1.165) is 5.75 Å². The minimum atomic E-state index is -0.746. The van der Waals surface area contributed by atoms with E-state index in [-0.39, 0.29) is 0 Å². The summed E-state index contributed by atoms with van der Waals surface area (Å²) in [5.74, 6) is 0.767. The number of ether oxygens (including phenoxy) is 3. The van der Waals surface area contributed by atoms with Crippen molar-refractivity contribution in [3.05, 3.63) is 24.3 Å². The third kappa shape index (κ3) is 6.78. The molecule has 0 amide bonds. The topological polar surface area (TPSA) is 73.9 Å². The predicted molar refractivity (Wildman–Crippen MR) is 64.8 cm³/mol. The van der Waals surface area contributed by atoms with Crippen LogP contribution in [0.25, 0.3) is 0 Å². The Morgan fingerprint density at radius 2 is 1.76 bits per heavy atom. The molecule has 1 rings (SSSR count). The van der Waals surface area contributed by atoms with Crippen LogP contribution >= 0.6 is 0 Å². The highest BCUT2D eigenvalue weighted by atomic mass is 16.6. The van der Waals surface area contributed by atoms with Gasteiger partial charge in [0.05, 0.1) is 19.8 Å². The monoisotopic (exact) mass is 241 g/mol. The second-order valence-corrected chi connectivity index (χ2v) is 3.50. The molecular weight excluding hydrogens is 222 g/mol. The lowest BCUT2D eigenvalue weighted by Gasteiger charge is -2.08. The molecule has 5 nitrogen and oxygen atoms in total. The van der Waals surface area contributed by atoms with Crippen LogP contribution in [0.5, 0.6) is 5.75 Å². The van der Waals surface area contributed by atoms with E-state index >= 15 is 0 Å². The first-order chi connectivity index (χ1) is 8.18. The van der Waals surface area contributed by atoms with Gasteiger partial charge < -0.3 is 25.1 Å². The minimum absolute atomic E-state index is 0.375. The van der Waals surface area contributed by atoms with Crippen LogP contribution in [-0.4, -0.2) is 37.8 Å². The van der Waals surface area contributed by atoms with Crippen molar-refractivity contribution in [1.82, 2.24) is 0 Å². The Labute approximate surface area is 101 Å². The highest BCUT2D eigenvalue weighted by molar-refractivity contribution is 5.41. The van der Waals surface area contributed by atoms with Crippen molar-refractivity contribution >= 4 is 5.69 Å². The van der Waals surface area contributed by atoms with Gasteiger partial charge in [-0.3, -0.25) is 0 Å². The number of benzene rings is 1. The predicted octanol–water partition coefficient (Wildman–Crippen LogP) is 1.02. The molecule has 0 fully saturated rings. The summed E-state index contributed by atoms with van der Waals surface area (Å²) < 4.78 is 15.6. The molecule has 5 heteroatoms. The smallest absolute Gasteiger partial charge is 0.151 e. The van der Waals surface area contributed by atoms with Crippen molar-refractivity contribution in [3.63, 3.8) is 0 Å². The van der Waals surface area contributed by atoms with Gasteiger partial charge in [0.2, 0.25) is 0 Å². The maximum atomic E-state index is 8.81. The van der Waals surface area contributed by atoms with Crippen LogP contribution in [0, 0.1) is 0 Å². The third-order valence-electron chi connectivity index (χ3n) is 1.96. The Kier molecular flexibility index (Phi) is 6.39. The van der Waals surface area contributed by atoms with Gasteiger partial charge in [-0.25, -0.2) is 0 Å². The Balaban J connectivity index is 1.99. The van der Waals surface area contributed by atoms with Crippen LogP contribution in [0.2, 0.25) is 0 Å². The largest absolute Gasteiger partial charge is 0.491 e. The molecule has 0 aliphatic carbocycles. The molecule has 0 aliphatic heterocycles. The summed E-state index contributed by atoms with van der Waals surface area (Å²) in [5.41, 5.74) is 6.26. The fraction of sp³-hybridized carbons (Fsp3) is 0.500. The number of hydrogen-bond acceptors (Lipinski definition) is 5. The maximum Gasteiger partial charge on any atom is 0.151 e. The van der Waals surface area contributed by atoms with Crippen LogP contribution in [-0.2, 0) is 9.47 Å². The van der Waals surface area contributed by atoms with E-state index in [1.54, 1.807) is 19.1 Å². The lowest BCUT2D eigenvalue weighted by Crippen LogP contribution is -2.14. The van der Waals surface area contributed by atoms with Gasteiger partial charge in [0.15, 0.2) is 6.29 Å². The fourth-order valence-corrected chi connectivity index (χ4v) is 1.16. The average molecular weight is 241 g/mol. The number of anilines is 1. The molecule has 0 aliphatic rings. The fourth-order valence-electron chi connectivity index (χ4n) is 1.16. The Hall–Kier alpha value is -1.30. The van der Waals surface area contributed by atoms with Crippen molar-refractivity contribution in [1.29, 1.82) is 0 Å². The first-order valence-corrected chi connectivity index (χ1v) is 5.54. The molecule has 17 heavy (non-hydrogen) atoms. The van der Waals surface area contributed by atoms with Crippen molar-refractivity contribution < 1.29 is 19.3 Å². The molecule has 0 radical (unpaired) electrons. The highest BCUT2D eigenvalue weighted by Gasteiger charge is 1.96. The Morgan fingerprint density at radius 3 is 2.41 bits per heavy atom. The van der Waals surface area contributed by atoms with Gasteiger partial charge in [-0.1, -0.05) is 0 Å². The second kappa shape index (κ2) is 7.89. The SMILES string of the molecule is CC(O)OCCOCCOc1ccc(N)cc1.